The zero-order valence-corrected chi connectivity index (χ0v) is 13.9. The minimum absolute atomic E-state index is 0.307. The van der Waals surface area contributed by atoms with Crippen molar-refractivity contribution in [2.45, 2.75) is 48.5 Å². The molecule has 0 amide bonds. The zero-order chi connectivity index (χ0) is 15.6. The molecule has 3 atom stereocenters. The van der Waals surface area contributed by atoms with Crippen molar-refractivity contribution in [3.8, 4) is 0 Å². The van der Waals surface area contributed by atoms with E-state index in [9.17, 15) is 4.21 Å². The molecule has 2 aromatic carbocycles. The van der Waals surface area contributed by atoms with Crippen molar-refractivity contribution in [1.29, 1.82) is 0 Å². The van der Waals surface area contributed by atoms with E-state index in [0.717, 1.165) is 17.7 Å². The second-order valence-corrected chi connectivity index (χ2v) is 7.75. The summed E-state index contributed by atoms with van der Waals surface area (Å²) in [6, 6.07) is 19.9. The molecule has 116 valence electrons. The largest absolute Gasteiger partial charge is 0.348 e. The molecule has 2 aromatic rings. The molecule has 0 radical (unpaired) electrons. The Morgan fingerprint density at radius 3 is 2.18 bits per heavy atom. The first-order chi connectivity index (χ1) is 10.6. The molecule has 1 heterocycles. The van der Waals surface area contributed by atoms with E-state index in [-0.39, 0.29) is 5.60 Å². The van der Waals surface area contributed by atoms with Crippen LogP contribution in [-0.2, 0) is 22.0 Å². The summed E-state index contributed by atoms with van der Waals surface area (Å²) in [6.07, 6.45) is 2.64. The van der Waals surface area contributed by atoms with Crippen LogP contribution in [0.3, 0.4) is 0 Å². The quantitative estimate of drug-likeness (QED) is 0.743. The van der Waals surface area contributed by atoms with Crippen LogP contribution in [-0.4, -0.2) is 14.7 Å². The Morgan fingerprint density at radius 2 is 1.59 bits per heavy atom. The Balaban J connectivity index is 1.94. The van der Waals surface area contributed by atoms with Gasteiger partial charge in [0.15, 0.2) is 4.93 Å². The molecular weight excluding hydrogens is 292 g/mol. The maximum atomic E-state index is 13.2. The number of hydrogen-bond acceptors (Lipinski definition) is 2. The lowest BCUT2D eigenvalue weighted by Crippen LogP contribution is -2.31. The van der Waals surface area contributed by atoms with Gasteiger partial charge in [-0.25, -0.2) is 0 Å². The van der Waals surface area contributed by atoms with Crippen molar-refractivity contribution in [2.24, 2.45) is 0 Å². The van der Waals surface area contributed by atoms with Crippen molar-refractivity contribution in [3.63, 3.8) is 0 Å². The van der Waals surface area contributed by atoms with Crippen LogP contribution < -0.4 is 0 Å². The van der Waals surface area contributed by atoms with E-state index in [2.05, 4.69) is 26.0 Å². The molecule has 1 fully saturated rings. The Morgan fingerprint density at radius 1 is 1.00 bits per heavy atom. The first-order valence-electron chi connectivity index (χ1n) is 7.82. The maximum Gasteiger partial charge on any atom is 0.180 e. The van der Waals surface area contributed by atoms with E-state index < -0.39 is 15.7 Å². The fourth-order valence-corrected chi connectivity index (χ4v) is 5.02. The zero-order valence-electron chi connectivity index (χ0n) is 13.1. The van der Waals surface area contributed by atoms with Gasteiger partial charge in [-0.15, -0.1) is 0 Å². The monoisotopic (exact) mass is 314 g/mol. The summed E-state index contributed by atoms with van der Waals surface area (Å²) >= 11 is 0. The lowest BCUT2D eigenvalue weighted by molar-refractivity contribution is 0.287. The average Bonchev–Trinajstić information content (AvgIpc) is 3.13. The van der Waals surface area contributed by atoms with Gasteiger partial charge in [0.1, 0.15) is 5.60 Å². The highest BCUT2D eigenvalue weighted by Gasteiger charge is 2.70. The summed E-state index contributed by atoms with van der Waals surface area (Å²) in [4.78, 5) is 0.240. The molecule has 0 spiro atoms. The first-order valence-corrected chi connectivity index (χ1v) is 8.97. The molecule has 0 saturated carbocycles. The molecule has 0 aliphatic carbocycles. The van der Waals surface area contributed by atoms with Gasteiger partial charge in [-0.05, 0) is 31.0 Å². The van der Waals surface area contributed by atoms with Crippen molar-refractivity contribution in [1.82, 2.24) is 0 Å². The molecule has 0 N–H and O–H groups in total. The first kappa shape index (κ1) is 15.4. The van der Waals surface area contributed by atoms with E-state index >= 15 is 0 Å². The lowest BCUT2D eigenvalue weighted by atomic mass is 9.96. The molecule has 3 unspecified atom stereocenters. The van der Waals surface area contributed by atoms with Gasteiger partial charge in [-0.2, -0.15) is 0 Å². The molecular formula is C19H22O2S. The fraction of sp³-hybridized carbons (Fsp3) is 0.368. The van der Waals surface area contributed by atoms with Crippen molar-refractivity contribution in [3.05, 3.63) is 66.2 Å². The Hall–Kier alpha value is -1.45. The predicted molar refractivity (Wildman–Crippen MR) is 90.1 cm³/mol. The molecule has 0 bridgehead atoms. The van der Waals surface area contributed by atoms with Gasteiger partial charge in [-0.3, -0.25) is 4.21 Å². The van der Waals surface area contributed by atoms with Crippen molar-refractivity contribution < 1.29 is 8.95 Å². The highest BCUT2D eigenvalue weighted by molar-refractivity contribution is 7.86. The standard InChI is InChI=1S/C19H22O2S/c1-3-14-18(2)19(21-18,15-16-10-6-4-7-11-16)22(20)17-12-8-5-9-13-17/h4-13H,3,14-15H2,1-2H3. The van der Waals surface area contributed by atoms with Gasteiger partial charge in [-0.1, -0.05) is 61.9 Å². The van der Waals surface area contributed by atoms with E-state index in [4.69, 9.17) is 4.74 Å². The minimum Gasteiger partial charge on any atom is -0.348 e. The minimum atomic E-state index is -1.18. The number of hydrogen-bond donors (Lipinski definition) is 0. The molecule has 3 rings (SSSR count). The van der Waals surface area contributed by atoms with Gasteiger partial charge in [0, 0.05) is 11.3 Å². The van der Waals surface area contributed by atoms with Gasteiger partial charge >= 0.3 is 0 Å². The Bertz CT molecular complexity index is 656. The molecule has 3 heteroatoms. The summed E-state index contributed by atoms with van der Waals surface area (Å²) in [6.45, 7) is 4.24. The van der Waals surface area contributed by atoms with Crippen LogP contribution in [0, 0.1) is 0 Å². The fourth-order valence-electron chi connectivity index (χ4n) is 3.18. The smallest absolute Gasteiger partial charge is 0.180 e. The summed E-state index contributed by atoms with van der Waals surface area (Å²) < 4.78 is 19.4. The van der Waals surface area contributed by atoms with Crippen LogP contribution >= 0.6 is 0 Å². The molecule has 22 heavy (non-hydrogen) atoms. The van der Waals surface area contributed by atoms with Gasteiger partial charge in [0.05, 0.1) is 10.8 Å². The van der Waals surface area contributed by atoms with Crippen LogP contribution in [0.15, 0.2) is 65.6 Å². The summed E-state index contributed by atoms with van der Waals surface area (Å²) in [7, 11) is -1.18. The van der Waals surface area contributed by atoms with Crippen LogP contribution in [0.4, 0.5) is 0 Å². The van der Waals surface area contributed by atoms with Gasteiger partial charge in [0.25, 0.3) is 0 Å². The van der Waals surface area contributed by atoms with Crippen LogP contribution in [0.25, 0.3) is 0 Å². The van der Waals surface area contributed by atoms with E-state index in [1.807, 2.05) is 48.5 Å². The number of benzene rings is 2. The second-order valence-electron chi connectivity index (χ2n) is 6.08. The SMILES string of the molecule is CCCC1(C)OC1(Cc1ccccc1)S(=O)c1ccccc1. The third-order valence-electron chi connectivity index (χ3n) is 4.42. The third kappa shape index (κ3) is 2.64. The maximum absolute atomic E-state index is 13.2. The van der Waals surface area contributed by atoms with E-state index in [0.29, 0.717) is 6.42 Å². The summed E-state index contributed by atoms with van der Waals surface area (Å²) in [5, 5.41) is 0. The van der Waals surface area contributed by atoms with Crippen molar-refractivity contribution in [2.75, 3.05) is 0 Å². The molecule has 1 saturated heterocycles. The summed E-state index contributed by atoms with van der Waals surface area (Å²) in [5.74, 6) is 0. The van der Waals surface area contributed by atoms with Crippen LogP contribution in [0.1, 0.15) is 32.3 Å². The predicted octanol–water partition coefficient (Wildman–Crippen LogP) is 4.32. The van der Waals surface area contributed by atoms with E-state index in [1.165, 1.54) is 5.56 Å². The van der Waals surface area contributed by atoms with E-state index in [1.54, 1.807) is 0 Å². The molecule has 1 aliphatic rings. The van der Waals surface area contributed by atoms with Gasteiger partial charge in [0.2, 0.25) is 0 Å². The van der Waals surface area contributed by atoms with Gasteiger partial charge < -0.3 is 4.74 Å². The highest BCUT2D eigenvalue weighted by Crippen LogP contribution is 2.56. The normalized spacial score (nSPS) is 28.3. The Labute approximate surface area is 135 Å². The molecule has 1 aliphatic heterocycles. The van der Waals surface area contributed by atoms with Crippen LogP contribution in [0.2, 0.25) is 0 Å². The lowest BCUT2D eigenvalue weighted by Gasteiger charge is -2.17. The average molecular weight is 314 g/mol. The number of rotatable bonds is 6. The molecule has 0 aromatic heterocycles. The summed E-state index contributed by atoms with van der Waals surface area (Å²) in [5.41, 5.74) is 0.866. The number of epoxide rings is 1. The Kier molecular flexibility index (Phi) is 4.20. The molecule has 2 nitrogen and oxygen atoms in total. The third-order valence-corrected chi connectivity index (χ3v) is 6.38. The second kappa shape index (κ2) is 5.98. The van der Waals surface area contributed by atoms with Crippen molar-refractivity contribution >= 4 is 10.8 Å². The highest BCUT2D eigenvalue weighted by atomic mass is 32.2. The topological polar surface area (TPSA) is 29.6 Å². The number of ether oxygens (including phenoxy) is 1. The van der Waals surface area contributed by atoms with Crippen LogP contribution in [0.5, 0.6) is 0 Å².